The zero-order valence-corrected chi connectivity index (χ0v) is 15.8. The molecule has 142 valence electrons. The van der Waals surface area contributed by atoms with Crippen LogP contribution in [0.5, 0.6) is 0 Å². The maximum Gasteiger partial charge on any atom is 0.251 e. The molecule has 1 aliphatic heterocycles. The predicted molar refractivity (Wildman–Crippen MR) is 104 cm³/mol. The number of nitrogens with one attached hydrogen (secondary N) is 1. The van der Waals surface area contributed by atoms with E-state index in [1.807, 2.05) is 41.9 Å². The van der Waals surface area contributed by atoms with Crippen LogP contribution in [0.4, 0.5) is 5.82 Å². The summed E-state index contributed by atoms with van der Waals surface area (Å²) < 4.78 is 1.89. The number of aromatic nitrogens is 2. The minimum absolute atomic E-state index is 0.00352. The summed E-state index contributed by atoms with van der Waals surface area (Å²) in [7, 11) is 0. The van der Waals surface area contributed by atoms with Crippen molar-refractivity contribution in [1.82, 2.24) is 15.1 Å². The molecule has 1 saturated carbocycles. The van der Waals surface area contributed by atoms with Gasteiger partial charge in [0.1, 0.15) is 5.82 Å². The van der Waals surface area contributed by atoms with Crippen molar-refractivity contribution in [3.8, 4) is 0 Å². The first kappa shape index (κ1) is 17.8. The normalized spacial score (nSPS) is 17.7. The molecule has 1 aromatic carbocycles. The van der Waals surface area contributed by atoms with Crippen LogP contribution in [0.25, 0.3) is 0 Å². The van der Waals surface area contributed by atoms with Gasteiger partial charge in [-0.25, -0.2) is 4.68 Å². The lowest BCUT2D eigenvalue weighted by Crippen LogP contribution is -2.37. The molecule has 1 N–H and O–H groups in total. The number of benzene rings is 1. The van der Waals surface area contributed by atoms with Gasteiger partial charge in [-0.3, -0.25) is 14.5 Å². The van der Waals surface area contributed by atoms with Crippen LogP contribution >= 0.6 is 0 Å². The molecule has 0 radical (unpaired) electrons. The first-order valence-electron chi connectivity index (χ1n) is 9.85. The Morgan fingerprint density at radius 1 is 1.19 bits per heavy atom. The Labute approximate surface area is 159 Å². The lowest BCUT2D eigenvalue weighted by atomic mass is 9.95. The van der Waals surface area contributed by atoms with E-state index < -0.39 is 0 Å². The summed E-state index contributed by atoms with van der Waals surface area (Å²) in [6.07, 6.45) is 6.29. The summed E-state index contributed by atoms with van der Waals surface area (Å²) in [5, 5.41) is 7.58. The van der Waals surface area contributed by atoms with Crippen molar-refractivity contribution in [2.45, 2.75) is 64.6 Å². The molecule has 0 bridgehead atoms. The molecule has 0 saturated heterocycles. The Hall–Kier alpha value is -2.63. The largest absolute Gasteiger partial charge is 0.349 e. The Morgan fingerprint density at radius 2 is 1.93 bits per heavy atom. The molecule has 1 aliphatic carbocycles. The number of rotatable bonds is 4. The molecule has 2 heterocycles. The van der Waals surface area contributed by atoms with Gasteiger partial charge in [-0.15, -0.1) is 0 Å². The van der Waals surface area contributed by atoms with Gasteiger partial charge >= 0.3 is 0 Å². The fourth-order valence-corrected chi connectivity index (χ4v) is 4.01. The summed E-state index contributed by atoms with van der Waals surface area (Å²) >= 11 is 0. The second-order valence-electron chi connectivity index (χ2n) is 7.60. The Kier molecular flexibility index (Phi) is 4.97. The Bertz CT molecular complexity index is 834. The predicted octanol–water partition coefficient (Wildman–Crippen LogP) is 3.19. The third-order valence-electron chi connectivity index (χ3n) is 5.49. The summed E-state index contributed by atoms with van der Waals surface area (Å²) in [5.74, 6) is 0.959. The Balaban J connectivity index is 1.43. The molecule has 2 aromatic rings. The molecule has 0 atom stereocenters. The molecule has 2 aliphatic rings. The molecule has 0 spiro atoms. The second-order valence-corrected chi connectivity index (χ2v) is 7.60. The van der Waals surface area contributed by atoms with Crippen molar-refractivity contribution in [3.05, 3.63) is 47.2 Å². The van der Waals surface area contributed by atoms with E-state index in [-0.39, 0.29) is 11.8 Å². The molecular formula is C21H26N4O2. The first-order valence-corrected chi connectivity index (χ1v) is 9.85. The van der Waals surface area contributed by atoms with E-state index in [9.17, 15) is 9.59 Å². The van der Waals surface area contributed by atoms with Crippen molar-refractivity contribution in [2.24, 2.45) is 0 Å². The lowest BCUT2D eigenvalue weighted by molar-refractivity contribution is -0.119. The number of fused-ring (bicyclic) bond motifs is 1. The van der Waals surface area contributed by atoms with Crippen LogP contribution in [0, 0.1) is 6.92 Å². The van der Waals surface area contributed by atoms with Crippen molar-refractivity contribution in [3.63, 3.8) is 0 Å². The lowest BCUT2D eigenvalue weighted by Gasteiger charge is -2.27. The number of hydrogen-bond donors (Lipinski definition) is 1. The van der Waals surface area contributed by atoms with E-state index in [2.05, 4.69) is 10.4 Å². The number of carbonyl (C=O) groups excluding carboxylic acids is 2. The van der Waals surface area contributed by atoms with Crippen molar-refractivity contribution in [1.29, 1.82) is 0 Å². The molecule has 1 fully saturated rings. The SMILES string of the molecule is Cc1cc2n(n1)CCC(=O)N2Cc1ccc(C(=O)NC2CCCCC2)cc1. The minimum Gasteiger partial charge on any atom is -0.349 e. The summed E-state index contributed by atoms with van der Waals surface area (Å²) in [5.41, 5.74) is 2.60. The number of anilines is 1. The van der Waals surface area contributed by atoms with Crippen LogP contribution in [-0.2, 0) is 17.9 Å². The van der Waals surface area contributed by atoms with Crippen LogP contribution in [0.1, 0.15) is 60.1 Å². The van der Waals surface area contributed by atoms with Gasteiger partial charge < -0.3 is 5.32 Å². The minimum atomic E-state index is -0.00352. The number of hydrogen-bond acceptors (Lipinski definition) is 3. The fraction of sp³-hybridized carbons (Fsp3) is 0.476. The third-order valence-corrected chi connectivity index (χ3v) is 5.49. The van der Waals surface area contributed by atoms with Gasteiger partial charge in [0.2, 0.25) is 5.91 Å². The average Bonchev–Trinajstić information content (AvgIpc) is 3.06. The number of nitrogens with zero attached hydrogens (tertiary/aromatic N) is 3. The molecule has 4 rings (SSSR count). The molecule has 0 unspecified atom stereocenters. The van der Waals surface area contributed by atoms with Crippen LogP contribution in [0.15, 0.2) is 30.3 Å². The molecule has 6 nitrogen and oxygen atoms in total. The van der Waals surface area contributed by atoms with E-state index in [0.29, 0.717) is 31.1 Å². The third kappa shape index (κ3) is 3.89. The zero-order valence-electron chi connectivity index (χ0n) is 15.8. The van der Waals surface area contributed by atoms with Crippen LogP contribution in [0.3, 0.4) is 0 Å². The highest BCUT2D eigenvalue weighted by Gasteiger charge is 2.25. The van der Waals surface area contributed by atoms with E-state index in [1.54, 1.807) is 4.90 Å². The first-order chi connectivity index (χ1) is 13.1. The van der Waals surface area contributed by atoms with E-state index in [1.165, 1.54) is 19.3 Å². The van der Waals surface area contributed by atoms with Crippen LogP contribution in [-0.4, -0.2) is 27.6 Å². The highest BCUT2D eigenvalue weighted by atomic mass is 16.2. The zero-order chi connectivity index (χ0) is 18.8. The number of aryl methyl sites for hydroxylation is 2. The van der Waals surface area contributed by atoms with Crippen LogP contribution < -0.4 is 10.2 Å². The van der Waals surface area contributed by atoms with Crippen molar-refractivity contribution >= 4 is 17.6 Å². The second kappa shape index (κ2) is 7.55. The van der Waals surface area contributed by atoms with Gasteiger partial charge in [0.15, 0.2) is 0 Å². The number of amides is 2. The van der Waals surface area contributed by atoms with E-state index in [4.69, 9.17) is 0 Å². The highest BCUT2D eigenvalue weighted by Crippen LogP contribution is 2.24. The molecule has 1 aromatic heterocycles. The van der Waals surface area contributed by atoms with Gasteiger partial charge in [0.05, 0.1) is 18.8 Å². The molecule has 2 amide bonds. The maximum atomic E-state index is 12.4. The summed E-state index contributed by atoms with van der Waals surface area (Å²) in [6, 6.07) is 9.83. The standard InChI is InChI=1S/C21H26N4O2/c1-15-13-19-24(20(26)11-12-25(19)23-15)14-16-7-9-17(10-8-16)21(27)22-18-5-3-2-4-6-18/h7-10,13,18H,2-6,11-12,14H2,1H3,(H,22,27). The van der Waals surface area contributed by atoms with E-state index >= 15 is 0 Å². The van der Waals surface area contributed by atoms with Gasteiger partial charge in [-0.05, 0) is 37.5 Å². The molecular weight excluding hydrogens is 340 g/mol. The quantitative estimate of drug-likeness (QED) is 0.904. The summed E-state index contributed by atoms with van der Waals surface area (Å²) in [6.45, 7) is 3.07. The maximum absolute atomic E-state index is 12.4. The fourth-order valence-electron chi connectivity index (χ4n) is 4.01. The summed E-state index contributed by atoms with van der Waals surface area (Å²) in [4.78, 5) is 26.6. The highest BCUT2D eigenvalue weighted by molar-refractivity contribution is 5.95. The van der Waals surface area contributed by atoms with Crippen molar-refractivity contribution in [2.75, 3.05) is 4.90 Å². The Morgan fingerprint density at radius 3 is 2.67 bits per heavy atom. The molecule has 27 heavy (non-hydrogen) atoms. The van der Waals surface area contributed by atoms with Gasteiger partial charge in [0.25, 0.3) is 5.91 Å². The van der Waals surface area contributed by atoms with Gasteiger partial charge in [0, 0.05) is 24.1 Å². The molecule has 6 heteroatoms. The van der Waals surface area contributed by atoms with Crippen LogP contribution in [0.2, 0.25) is 0 Å². The van der Waals surface area contributed by atoms with Crippen molar-refractivity contribution < 1.29 is 9.59 Å². The number of carbonyl (C=O) groups is 2. The average molecular weight is 366 g/mol. The topological polar surface area (TPSA) is 67.2 Å². The van der Waals surface area contributed by atoms with E-state index in [0.717, 1.165) is 29.9 Å². The van der Waals surface area contributed by atoms with Gasteiger partial charge in [-0.1, -0.05) is 31.4 Å². The van der Waals surface area contributed by atoms with Gasteiger partial charge in [-0.2, -0.15) is 5.10 Å². The monoisotopic (exact) mass is 366 g/mol. The smallest absolute Gasteiger partial charge is 0.251 e.